The molecule has 61 heavy (non-hydrogen) atoms. The zero-order chi connectivity index (χ0) is 44.5. The van der Waals surface area contributed by atoms with Crippen molar-refractivity contribution >= 4 is 41.5 Å². The van der Waals surface area contributed by atoms with E-state index in [1.807, 2.05) is 0 Å². The molecule has 1 saturated heterocycles. The molecule has 0 spiro atoms. The first-order chi connectivity index (χ1) is 28.8. The third-order valence-electron chi connectivity index (χ3n) is 10.8. The minimum absolute atomic E-state index is 0.00479. The summed E-state index contributed by atoms with van der Waals surface area (Å²) in [5, 5.41) is 68.4. The maximum absolute atomic E-state index is 13.9. The highest BCUT2D eigenvalue weighted by Gasteiger charge is 2.49. The van der Waals surface area contributed by atoms with Crippen molar-refractivity contribution in [2.45, 2.75) is 94.8 Å². The molecule has 3 aromatic carbocycles. The smallest absolute Gasteiger partial charge is 0.413 e. The molecule has 0 radical (unpaired) electrons. The Hall–Kier alpha value is -6.61. The van der Waals surface area contributed by atoms with Crippen LogP contribution in [-0.2, 0) is 41.6 Å². The van der Waals surface area contributed by atoms with Crippen LogP contribution in [0.25, 0.3) is 0 Å². The van der Waals surface area contributed by atoms with Crippen LogP contribution < -0.4 is 20.1 Å². The highest BCUT2D eigenvalue weighted by atomic mass is 16.7. The Morgan fingerprint density at radius 2 is 1.64 bits per heavy atom. The molecule has 8 N–H and O–H groups in total. The number of phenols is 2. The van der Waals surface area contributed by atoms with Crippen molar-refractivity contribution in [3.63, 3.8) is 0 Å². The molecular formula is C41H42N2O18. The number of aliphatic hydroxyl groups excluding tert-OH is 1. The molecule has 6 rings (SSSR count). The van der Waals surface area contributed by atoms with E-state index >= 15 is 0 Å². The highest BCUT2D eigenvalue weighted by molar-refractivity contribution is 6.31. The fraction of sp³-hybridized carbons (Fsp3) is 0.390. The molecule has 324 valence electrons. The van der Waals surface area contributed by atoms with Gasteiger partial charge in [0.15, 0.2) is 17.9 Å². The van der Waals surface area contributed by atoms with Gasteiger partial charge in [0.2, 0.25) is 5.78 Å². The SMILES string of the molecule is COc1cccc2c1C(=O)c1c(O)c3c(c(O)c1C2=O)C[C@@](O)(C(C)=O)C[C@@H]3OC1CC(NC(=O)OCc2ccc(OC(=O)NC(CCC(=O)O)C(=O)O)cc2)C(O)C(C)O1. The van der Waals surface area contributed by atoms with Gasteiger partial charge in [-0.15, -0.1) is 0 Å². The van der Waals surface area contributed by atoms with Gasteiger partial charge in [0.1, 0.15) is 47.4 Å². The molecule has 1 fully saturated rings. The monoisotopic (exact) mass is 850 g/mol. The molecule has 0 saturated carbocycles. The first kappa shape index (κ1) is 44.0. The van der Waals surface area contributed by atoms with E-state index in [4.69, 9.17) is 28.8 Å². The van der Waals surface area contributed by atoms with Crippen molar-refractivity contribution in [2.24, 2.45) is 0 Å². The fourth-order valence-corrected chi connectivity index (χ4v) is 7.57. The number of carbonyl (C=O) groups excluding carboxylic acids is 5. The lowest BCUT2D eigenvalue weighted by molar-refractivity contribution is -0.249. The molecule has 1 heterocycles. The van der Waals surface area contributed by atoms with Gasteiger partial charge in [-0.05, 0) is 44.0 Å². The molecule has 0 aromatic heterocycles. The summed E-state index contributed by atoms with van der Waals surface area (Å²) < 4.78 is 27.8. The van der Waals surface area contributed by atoms with Crippen molar-refractivity contribution in [3.8, 4) is 23.0 Å². The van der Waals surface area contributed by atoms with E-state index in [9.17, 15) is 59.1 Å². The van der Waals surface area contributed by atoms with Crippen LogP contribution in [0.15, 0.2) is 42.5 Å². The van der Waals surface area contributed by atoms with E-state index in [2.05, 4.69) is 10.6 Å². The minimum atomic E-state index is -2.16. The number of carboxylic acid groups (broad SMARTS) is 2. The number of methoxy groups -OCH3 is 1. The van der Waals surface area contributed by atoms with E-state index in [-0.39, 0.29) is 53.2 Å². The number of benzene rings is 3. The molecular weight excluding hydrogens is 808 g/mol. The van der Waals surface area contributed by atoms with Crippen molar-refractivity contribution in [1.29, 1.82) is 0 Å². The van der Waals surface area contributed by atoms with Crippen LogP contribution in [-0.4, -0.2) is 115 Å². The number of aromatic hydroxyl groups is 2. The number of amides is 2. The lowest BCUT2D eigenvalue weighted by Gasteiger charge is -2.42. The van der Waals surface area contributed by atoms with Gasteiger partial charge in [0, 0.05) is 42.4 Å². The molecule has 7 atom stereocenters. The van der Waals surface area contributed by atoms with Gasteiger partial charge in [0.25, 0.3) is 0 Å². The van der Waals surface area contributed by atoms with Crippen molar-refractivity contribution in [1.82, 2.24) is 10.6 Å². The van der Waals surface area contributed by atoms with Crippen LogP contribution >= 0.6 is 0 Å². The third kappa shape index (κ3) is 8.97. The Morgan fingerprint density at radius 3 is 2.28 bits per heavy atom. The zero-order valence-electron chi connectivity index (χ0n) is 32.8. The number of alkyl carbamates (subject to hydrolysis) is 1. The molecule has 1 aliphatic heterocycles. The van der Waals surface area contributed by atoms with Gasteiger partial charge < -0.3 is 65.0 Å². The second-order valence-corrected chi connectivity index (χ2v) is 14.8. The van der Waals surface area contributed by atoms with E-state index in [0.717, 1.165) is 6.92 Å². The average molecular weight is 851 g/mol. The number of nitrogens with one attached hydrogen (secondary N) is 2. The second kappa shape index (κ2) is 17.5. The quantitative estimate of drug-likeness (QED) is 0.0896. The van der Waals surface area contributed by atoms with Gasteiger partial charge >= 0.3 is 24.1 Å². The standard InChI is InChI=1S/C41H42N2O18/c1-17-33(47)24(43-39(54)58-16-19-7-9-20(10-8-19)60-40(55)42-23(38(52)53)11-12-27(45)46)13-28(59-17)61-26-15-41(56,18(2)44)14-22-30(26)37(51)32-31(35(22)49)34(48)21-5-4-6-25(57-3)29(21)36(32)50/h4-10,17,23-24,26,28,33,47,49,51,56H,11-16H2,1-3H3,(H,42,55)(H,43,54)(H,45,46)(H,52,53)/t17?,23?,24?,26-,28?,33?,41-/m0/s1. The van der Waals surface area contributed by atoms with Gasteiger partial charge in [-0.1, -0.05) is 24.3 Å². The minimum Gasteiger partial charge on any atom is -0.507 e. The Kier molecular flexibility index (Phi) is 12.6. The Balaban J connectivity index is 1.14. The van der Waals surface area contributed by atoms with Crippen LogP contribution in [0.2, 0.25) is 0 Å². The van der Waals surface area contributed by atoms with Gasteiger partial charge in [-0.3, -0.25) is 19.2 Å². The summed E-state index contributed by atoms with van der Waals surface area (Å²) in [5.74, 6) is -6.45. The van der Waals surface area contributed by atoms with Crippen molar-refractivity contribution in [3.05, 3.63) is 81.4 Å². The number of aliphatic carboxylic acids is 2. The van der Waals surface area contributed by atoms with E-state index in [1.165, 1.54) is 56.5 Å². The maximum atomic E-state index is 13.9. The topological polar surface area (TPSA) is 311 Å². The molecule has 2 amide bonds. The lowest BCUT2D eigenvalue weighted by atomic mass is 9.72. The van der Waals surface area contributed by atoms with Crippen LogP contribution in [0.4, 0.5) is 9.59 Å². The normalized spacial score (nSPS) is 23.3. The molecule has 5 unspecified atom stereocenters. The number of ketones is 3. The molecule has 2 aliphatic carbocycles. The van der Waals surface area contributed by atoms with Gasteiger partial charge in [0.05, 0.1) is 42.0 Å². The number of phenolic OH excluding ortho intramolecular Hbond substituents is 2. The molecule has 0 bridgehead atoms. The number of ether oxygens (including phenoxy) is 5. The molecule has 20 nitrogen and oxygen atoms in total. The summed E-state index contributed by atoms with van der Waals surface area (Å²) in [4.78, 5) is 87.7. The molecule has 20 heteroatoms. The largest absolute Gasteiger partial charge is 0.507 e. The maximum Gasteiger partial charge on any atom is 0.413 e. The van der Waals surface area contributed by atoms with E-state index in [0.29, 0.717) is 5.56 Å². The fourth-order valence-electron chi connectivity index (χ4n) is 7.57. The Bertz CT molecular complexity index is 2290. The first-order valence-electron chi connectivity index (χ1n) is 18.9. The summed E-state index contributed by atoms with van der Waals surface area (Å²) in [6.45, 7) is 2.30. The molecule has 3 aliphatic rings. The number of hydrogen-bond donors (Lipinski definition) is 8. The van der Waals surface area contributed by atoms with Crippen LogP contribution in [0.1, 0.15) is 94.2 Å². The van der Waals surface area contributed by atoms with Crippen LogP contribution in [0, 0.1) is 0 Å². The first-order valence-corrected chi connectivity index (χ1v) is 18.9. The van der Waals surface area contributed by atoms with Crippen molar-refractivity contribution < 1.29 is 87.9 Å². The van der Waals surface area contributed by atoms with E-state index in [1.54, 1.807) is 0 Å². The lowest BCUT2D eigenvalue weighted by Crippen LogP contribution is -2.55. The predicted octanol–water partition coefficient (Wildman–Crippen LogP) is 2.40. The summed E-state index contributed by atoms with van der Waals surface area (Å²) in [5.41, 5.74) is -3.39. The number of Topliss-reactive ketones (excluding diaryl/α,β-unsaturated/α-hetero) is 1. The average Bonchev–Trinajstić information content (AvgIpc) is 3.20. The van der Waals surface area contributed by atoms with Crippen molar-refractivity contribution in [2.75, 3.05) is 7.11 Å². The number of hydrogen-bond acceptors (Lipinski definition) is 16. The number of aliphatic hydroxyl groups is 2. The Labute approximate surface area is 345 Å². The molecule has 3 aromatic rings. The summed E-state index contributed by atoms with van der Waals surface area (Å²) in [6, 6.07) is 7.29. The summed E-state index contributed by atoms with van der Waals surface area (Å²) in [7, 11) is 1.30. The summed E-state index contributed by atoms with van der Waals surface area (Å²) >= 11 is 0. The number of rotatable bonds is 13. The zero-order valence-corrected chi connectivity index (χ0v) is 32.8. The highest BCUT2D eigenvalue weighted by Crippen LogP contribution is 2.52. The van der Waals surface area contributed by atoms with E-state index < -0.39 is 126 Å². The predicted molar refractivity (Wildman–Crippen MR) is 203 cm³/mol. The van der Waals surface area contributed by atoms with Crippen LogP contribution in [0.3, 0.4) is 0 Å². The number of carboxylic acids is 2. The van der Waals surface area contributed by atoms with Gasteiger partial charge in [-0.25, -0.2) is 14.4 Å². The third-order valence-corrected chi connectivity index (χ3v) is 10.8. The summed E-state index contributed by atoms with van der Waals surface area (Å²) in [6.07, 6.45) is -9.25. The Morgan fingerprint density at radius 1 is 0.951 bits per heavy atom. The second-order valence-electron chi connectivity index (χ2n) is 14.8. The number of carbonyl (C=O) groups is 7. The van der Waals surface area contributed by atoms with Gasteiger partial charge in [-0.2, -0.15) is 0 Å². The number of fused-ring (bicyclic) bond motifs is 3. The van der Waals surface area contributed by atoms with Crippen LogP contribution in [0.5, 0.6) is 23.0 Å².